The highest BCUT2D eigenvalue weighted by Gasteiger charge is 2.22. The highest BCUT2D eigenvalue weighted by Crippen LogP contribution is 2.18. The van der Waals surface area contributed by atoms with Gasteiger partial charge in [0.15, 0.2) is 5.96 Å². The van der Waals surface area contributed by atoms with Crippen LogP contribution in [0.15, 0.2) is 29.3 Å². The first-order valence-electron chi connectivity index (χ1n) is 8.73. The molecule has 7 heteroatoms. The Morgan fingerprint density at radius 1 is 1.32 bits per heavy atom. The van der Waals surface area contributed by atoms with Gasteiger partial charge in [0.05, 0.1) is 6.54 Å². The normalized spacial score (nSPS) is 15.4. The first-order valence-corrected chi connectivity index (χ1v) is 8.73. The summed E-state index contributed by atoms with van der Waals surface area (Å²) in [7, 11) is 1.70. The van der Waals surface area contributed by atoms with E-state index in [1.165, 1.54) is 12.1 Å². The molecule has 0 spiro atoms. The van der Waals surface area contributed by atoms with E-state index in [9.17, 15) is 9.18 Å². The summed E-state index contributed by atoms with van der Waals surface area (Å²) in [4.78, 5) is 15.7. The standard InChI is InChI=1S/C18H27FN4O2/c1-13(25-16-9-5-14(19)6-10-16)12-22-18(20-2)21-11-3-4-17(24)23-15-7-8-15/h5-6,9-10,13,15H,3-4,7-8,11-12H2,1-2H3,(H,23,24)(H2,20,21,22). The van der Waals surface area contributed by atoms with E-state index in [0.29, 0.717) is 37.3 Å². The van der Waals surface area contributed by atoms with Crippen LogP contribution in [0.5, 0.6) is 5.75 Å². The number of amides is 1. The van der Waals surface area contributed by atoms with Crippen molar-refractivity contribution in [1.29, 1.82) is 0 Å². The van der Waals surface area contributed by atoms with Crippen molar-refractivity contribution < 1.29 is 13.9 Å². The van der Waals surface area contributed by atoms with E-state index >= 15 is 0 Å². The number of hydrogen-bond acceptors (Lipinski definition) is 3. The van der Waals surface area contributed by atoms with E-state index in [-0.39, 0.29) is 17.8 Å². The van der Waals surface area contributed by atoms with E-state index in [2.05, 4.69) is 20.9 Å². The quantitative estimate of drug-likeness (QED) is 0.361. The number of rotatable bonds is 9. The lowest BCUT2D eigenvalue weighted by Gasteiger charge is -2.17. The van der Waals surface area contributed by atoms with Crippen LogP contribution in [0, 0.1) is 5.82 Å². The molecule has 1 aromatic rings. The third-order valence-electron chi connectivity index (χ3n) is 3.75. The molecule has 138 valence electrons. The van der Waals surface area contributed by atoms with Gasteiger partial charge in [-0.2, -0.15) is 0 Å². The van der Waals surface area contributed by atoms with Crippen molar-refractivity contribution in [3.05, 3.63) is 30.1 Å². The minimum Gasteiger partial charge on any atom is -0.489 e. The number of ether oxygens (including phenoxy) is 1. The highest BCUT2D eigenvalue weighted by molar-refractivity contribution is 5.80. The molecule has 0 aliphatic heterocycles. The number of nitrogens with one attached hydrogen (secondary N) is 3. The number of benzene rings is 1. The summed E-state index contributed by atoms with van der Waals surface area (Å²) in [6.45, 7) is 3.15. The number of hydrogen-bond donors (Lipinski definition) is 3. The molecule has 1 aliphatic carbocycles. The van der Waals surface area contributed by atoms with Crippen LogP contribution in [0.1, 0.15) is 32.6 Å². The molecule has 0 radical (unpaired) electrons. The van der Waals surface area contributed by atoms with Crippen LogP contribution < -0.4 is 20.7 Å². The predicted octanol–water partition coefficient (Wildman–Crippen LogP) is 1.82. The summed E-state index contributed by atoms with van der Waals surface area (Å²) in [5, 5.41) is 9.31. The number of nitrogens with zero attached hydrogens (tertiary/aromatic N) is 1. The Morgan fingerprint density at radius 3 is 2.68 bits per heavy atom. The van der Waals surface area contributed by atoms with Gasteiger partial charge < -0.3 is 20.7 Å². The first-order chi connectivity index (χ1) is 12.1. The molecule has 0 aromatic heterocycles. The molecular weight excluding hydrogens is 323 g/mol. The lowest BCUT2D eigenvalue weighted by Crippen LogP contribution is -2.42. The highest BCUT2D eigenvalue weighted by atomic mass is 19.1. The Hall–Kier alpha value is -2.31. The summed E-state index contributed by atoms with van der Waals surface area (Å²) in [5.41, 5.74) is 0. The fourth-order valence-electron chi connectivity index (χ4n) is 2.23. The summed E-state index contributed by atoms with van der Waals surface area (Å²) in [6.07, 6.45) is 3.39. The van der Waals surface area contributed by atoms with Gasteiger partial charge in [-0.3, -0.25) is 9.79 Å². The van der Waals surface area contributed by atoms with Crippen LogP contribution in [0.4, 0.5) is 4.39 Å². The van der Waals surface area contributed by atoms with Gasteiger partial charge in [0.1, 0.15) is 17.7 Å². The Balaban J connectivity index is 1.58. The lowest BCUT2D eigenvalue weighted by atomic mass is 10.3. The minimum absolute atomic E-state index is 0.103. The molecule has 3 N–H and O–H groups in total. The van der Waals surface area contributed by atoms with E-state index in [4.69, 9.17) is 4.74 Å². The molecule has 1 fully saturated rings. The van der Waals surface area contributed by atoms with Gasteiger partial charge in [-0.15, -0.1) is 0 Å². The minimum atomic E-state index is -0.284. The van der Waals surface area contributed by atoms with Gasteiger partial charge in [-0.25, -0.2) is 4.39 Å². The maximum Gasteiger partial charge on any atom is 0.220 e. The fourth-order valence-corrected chi connectivity index (χ4v) is 2.23. The maximum atomic E-state index is 12.9. The van der Waals surface area contributed by atoms with Crippen LogP contribution in [-0.4, -0.2) is 44.1 Å². The molecule has 1 aliphatic rings. The molecule has 1 unspecified atom stereocenters. The Kier molecular flexibility index (Phi) is 7.50. The number of carbonyl (C=O) groups is 1. The Morgan fingerprint density at radius 2 is 2.04 bits per heavy atom. The van der Waals surface area contributed by atoms with Gasteiger partial charge >= 0.3 is 0 Å². The number of halogens is 1. The topological polar surface area (TPSA) is 74.8 Å². The summed E-state index contributed by atoms with van der Waals surface area (Å²) in [6, 6.07) is 6.36. The zero-order valence-electron chi connectivity index (χ0n) is 14.8. The van der Waals surface area contributed by atoms with Crippen LogP contribution in [-0.2, 0) is 4.79 Å². The van der Waals surface area contributed by atoms with Gasteiger partial charge in [0.2, 0.25) is 5.91 Å². The largest absolute Gasteiger partial charge is 0.489 e. The molecule has 0 heterocycles. The van der Waals surface area contributed by atoms with Crippen molar-refractivity contribution in [2.45, 2.75) is 44.8 Å². The second-order valence-electron chi connectivity index (χ2n) is 6.21. The van der Waals surface area contributed by atoms with Crippen molar-refractivity contribution in [3.63, 3.8) is 0 Å². The molecule has 1 atom stereocenters. The molecule has 1 saturated carbocycles. The molecule has 0 saturated heterocycles. The smallest absolute Gasteiger partial charge is 0.220 e. The number of guanidine groups is 1. The van der Waals surface area contributed by atoms with Crippen molar-refractivity contribution in [1.82, 2.24) is 16.0 Å². The second kappa shape index (κ2) is 9.86. The molecule has 1 aromatic carbocycles. The van der Waals surface area contributed by atoms with Crippen LogP contribution in [0.3, 0.4) is 0 Å². The van der Waals surface area contributed by atoms with Crippen LogP contribution in [0.25, 0.3) is 0 Å². The fraction of sp³-hybridized carbons (Fsp3) is 0.556. The summed E-state index contributed by atoms with van der Waals surface area (Å²) >= 11 is 0. The van der Waals surface area contributed by atoms with E-state index < -0.39 is 0 Å². The molecule has 0 bridgehead atoms. The SMILES string of the molecule is CN=C(NCCCC(=O)NC1CC1)NCC(C)Oc1ccc(F)cc1. The van der Waals surface area contributed by atoms with E-state index in [0.717, 1.165) is 19.3 Å². The molecule has 2 rings (SSSR count). The van der Waals surface area contributed by atoms with Crippen molar-refractivity contribution in [3.8, 4) is 5.75 Å². The zero-order valence-corrected chi connectivity index (χ0v) is 14.8. The number of aliphatic imine (C=N–C) groups is 1. The van der Waals surface area contributed by atoms with E-state index in [1.54, 1.807) is 19.2 Å². The maximum absolute atomic E-state index is 12.9. The first kappa shape index (κ1) is 19.0. The van der Waals surface area contributed by atoms with Gasteiger partial charge in [-0.05, 0) is 50.5 Å². The molecule has 25 heavy (non-hydrogen) atoms. The third kappa shape index (κ3) is 7.87. The third-order valence-corrected chi connectivity index (χ3v) is 3.75. The second-order valence-corrected chi connectivity index (χ2v) is 6.21. The summed E-state index contributed by atoms with van der Waals surface area (Å²) < 4.78 is 18.6. The van der Waals surface area contributed by atoms with Crippen LogP contribution in [0.2, 0.25) is 0 Å². The van der Waals surface area contributed by atoms with Gasteiger partial charge in [0, 0.05) is 26.1 Å². The molecular formula is C18H27FN4O2. The number of carbonyl (C=O) groups excluding carboxylic acids is 1. The summed E-state index contributed by atoms with van der Waals surface area (Å²) in [5.74, 6) is 1.12. The Labute approximate surface area is 148 Å². The van der Waals surface area contributed by atoms with Gasteiger partial charge in [0.25, 0.3) is 0 Å². The van der Waals surface area contributed by atoms with Crippen molar-refractivity contribution >= 4 is 11.9 Å². The molecule has 6 nitrogen and oxygen atoms in total. The van der Waals surface area contributed by atoms with Crippen molar-refractivity contribution in [2.75, 3.05) is 20.1 Å². The van der Waals surface area contributed by atoms with E-state index in [1.807, 2.05) is 6.92 Å². The predicted molar refractivity (Wildman–Crippen MR) is 96.3 cm³/mol. The average Bonchev–Trinajstić information content (AvgIpc) is 3.40. The lowest BCUT2D eigenvalue weighted by molar-refractivity contribution is -0.121. The van der Waals surface area contributed by atoms with Crippen LogP contribution >= 0.6 is 0 Å². The zero-order chi connectivity index (χ0) is 18.1. The van der Waals surface area contributed by atoms with Crippen molar-refractivity contribution in [2.24, 2.45) is 4.99 Å². The molecule has 1 amide bonds. The monoisotopic (exact) mass is 350 g/mol. The average molecular weight is 350 g/mol. The van der Waals surface area contributed by atoms with Gasteiger partial charge in [-0.1, -0.05) is 0 Å². The Bertz CT molecular complexity index is 573.